The summed E-state index contributed by atoms with van der Waals surface area (Å²) in [5.74, 6) is -1.53. The van der Waals surface area contributed by atoms with Crippen molar-refractivity contribution in [1.82, 2.24) is 4.98 Å². The van der Waals surface area contributed by atoms with Gasteiger partial charge in [-0.2, -0.15) is 0 Å². The van der Waals surface area contributed by atoms with Crippen LogP contribution in [0.25, 0.3) is 0 Å². The number of hydrogen-bond acceptors (Lipinski definition) is 3. The van der Waals surface area contributed by atoms with E-state index in [1.165, 1.54) is 12.3 Å². The summed E-state index contributed by atoms with van der Waals surface area (Å²) in [7, 11) is 0. The first kappa shape index (κ1) is 13.0. The fourth-order valence-corrected chi connectivity index (χ4v) is 1.92. The third kappa shape index (κ3) is 2.54. The number of nitrogens with zero attached hydrogens (tertiary/aromatic N) is 2. The SMILES string of the molecule is CCN(c1ccccc1F)c1cccnc1C(=O)O. The van der Waals surface area contributed by atoms with Crippen molar-refractivity contribution in [1.29, 1.82) is 0 Å². The number of benzene rings is 1. The number of aromatic carboxylic acids is 1. The minimum absolute atomic E-state index is 0.0902. The Kier molecular flexibility index (Phi) is 3.75. The maximum Gasteiger partial charge on any atom is 0.356 e. The van der Waals surface area contributed by atoms with Gasteiger partial charge in [-0.3, -0.25) is 0 Å². The third-order valence-corrected chi connectivity index (χ3v) is 2.74. The van der Waals surface area contributed by atoms with E-state index >= 15 is 0 Å². The molecular formula is C14H13FN2O2. The first-order valence-electron chi connectivity index (χ1n) is 5.85. The van der Waals surface area contributed by atoms with E-state index in [9.17, 15) is 9.18 Å². The highest BCUT2D eigenvalue weighted by Crippen LogP contribution is 2.29. The Balaban J connectivity index is 2.55. The fourth-order valence-electron chi connectivity index (χ4n) is 1.92. The highest BCUT2D eigenvalue weighted by Gasteiger charge is 2.19. The molecule has 0 radical (unpaired) electrons. The Bertz CT molecular complexity index is 602. The topological polar surface area (TPSA) is 53.4 Å². The number of carboxylic acids is 1. The highest BCUT2D eigenvalue weighted by atomic mass is 19.1. The van der Waals surface area contributed by atoms with E-state index < -0.39 is 11.8 Å². The summed E-state index contributed by atoms with van der Waals surface area (Å²) in [6.45, 7) is 2.26. The summed E-state index contributed by atoms with van der Waals surface area (Å²) in [6, 6.07) is 9.50. The van der Waals surface area contributed by atoms with E-state index in [0.29, 0.717) is 17.9 Å². The molecule has 1 aromatic heterocycles. The van der Waals surface area contributed by atoms with E-state index in [1.807, 2.05) is 6.92 Å². The second-order valence-electron chi connectivity index (χ2n) is 3.87. The summed E-state index contributed by atoms with van der Waals surface area (Å²) in [5, 5.41) is 9.14. The second kappa shape index (κ2) is 5.48. The molecule has 0 fully saturated rings. The number of aromatic nitrogens is 1. The summed E-state index contributed by atoms with van der Waals surface area (Å²) in [6.07, 6.45) is 1.40. The molecule has 0 amide bonds. The number of anilines is 2. The molecule has 2 aromatic rings. The van der Waals surface area contributed by atoms with Crippen molar-refractivity contribution in [2.45, 2.75) is 6.92 Å². The number of rotatable bonds is 4. The van der Waals surface area contributed by atoms with Gasteiger partial charge in [0.15, 0.2) is 5.69 Å². The summed E-state index contributed by atoms with van der Waals surface area (Å²) in [5.41, 5.74) is 0.621. The Morgan fingerprint density at radius 2 is 1.95 bits per heavy atom. The molecule has 0 saturated heterocycles. The zero-order valence-electron chi connectivity index (χ0n) is 10.4. The summed E-state index contributed by atoms with van der Waals surface area (Å²) in [4.78, 5) is 16.6. The van der Waals surface area contributed by atoms with Crippen LogP contribution < -0.4 is 4.90 Å². The average Bonchev–Trinajstić information content (AvgIpc) is 2.42. The molecule has 1 heterocycles. The monoisotopic (exact) mass is 260 g/mol. The number of hydrogen-bond donors (Lipinski definition) is 1. The van der Waals surface area contributed by atoms with Crippen molar-refractivity contribution in [3.8, 4) is 0 Å². The Hall–Kier alpha value is -2.43. The minimum atomic E-state index is -1.13. The largest absolute Gasteiger partial charge is 0.476 e. The van der Waals surface area contributed by atoms with Crippen LogP contribution in [0.5, 0.6) is 0 Å². The lowest BCUT2D eigenvalue weighted by atomic mass is 10.2. The van der Waals surface area contributed by atoms with Gasteiger partial charge in [0.2, 0.25) is 0 Å². The van der Waals surface area contributed by atoms with E-state index in [4.69, 9.17) is 5.11 Å². The van der Waals surface area contributed by atoms with Gasteiger partial charge in [0, 0.05) is 12.7 Å². The summed E-state index contributed by atoms with van der Waals surface area (Å²) >= 11 is 0. The van der Waals surface area contributed by atoms with Crippen molar-refractivity contribution in [2.24, 2.45) is 0 Å². The lowest BCUT2D eigenvalue weighted by Crippen LogP contribution is -2.21. The quantitative estimate of drug-likeness (QED) is 0.917. The van der Waals surface area contributed by atoms with Crippen LogP contribution in [0.3, 0.4) is 0 Å². The number of carbonyl (C=O) groups is 1. The number of halogens is 1. The van der Waals surface area contributed by atoms with Gasteiger partial charge >= 0.3 is 5.97 Å². The van der Waals surface area contributed by atoms with Gasteiger partial charge in [0.25, 0.3) is 0 Å². The van der Waals surface area contributed by atoms with Gasteiger partial charge in [0.1, 0.15) is 5.82 Å². The predicted molar refractivity (Wildman–Crippen MR) is 70.3 cm³/mol. The van der Waals surface area contributed by atoms with Gasteiger partial charge in [-0.25, -0.2) is 14.2 Å². The molecule has 0 atom stereocenters. The van der Waals surface area contributed by atoms with Crippen molar-refractivity contribution < 1.29 is 14.3 Å². The molecule has 0 spiro atoms. The normalized spacial score (nSPS) is 10.2. The molecule has 4 nitrogen and oxygen atoms in total. The second-order valence-corrected chi connectivity index (χ2v) is 3.87. The lowest BCUT2D eigenvalue weighted by molar-refractivity contribution is 0.0691. The van der Waals surface area contributed by atoms with Crippen LogP contribution in [-0.4, -0.2) is 22.6 Å². The molecule has 0 bridgehead atoms. The maximum atomic E-state index is 13.8. The van der Waals surface area contributed by atoms with Gasteiger partial charge < -0.3 is 10.0 Å². The Labute approximate surface area is 110 Å². The third-order valence-electron chi connectivity index (χ3n) is 2.74. The van der Waals surface area contributed by atoms with Crippen molar-refractivity contribution >= 4 is 17.3 Å². The van der Waals surface area contributed by atoms with Crippen molar-refractivity contribution in [3.05, 3.63) is 54.1 Å². The zero-order valence-corrected chi connectivity index (χ0v) is 10.4. The smallest absolute Gasteiger partial charge is 0.356 e. The van der Waals surface area contributed by atoms with Crippen LogP contribution in [0.1, 0.15) is 17.4 Å². The van der Waals surface area contributed by atoms with Gasteiger partial charge in [-0.1, -0.05) is 12.1 Å². The molecule has 1 aromatic carbocycles. The van der Waals surface area contributed by atoms with Gasteiger partial charge in [-0.15, -0.1) is 0 Å². The molecule has 0 aliphatic heterocycles. The minimum Gasteiger partial charge on any atom is -0.476 e. The summed E-state index contributed by atoms with van der Waals surface area (Å²) < 4.78 is 13.8. The van der Waals surface area contributed by atoms with E-state index in [2.05, 4.69) is 4.98 Å². The van der Waals surface area contributed by atoms with Gasteiger partial charge in [-0.05, 0) is 31.2 Å². The van der Waals surface area contributed by atoms with Crippen molar-refractivity contribution in [2.75, 3.05) is 11.4 Å². The van der Waals surface area contributed by atoms with E-state index in [-0.39, 0.29) is 5.69 Å². The van der Waals surface area contributed by atoms with Crippen molar-refractivity contribution in [3.63, 3.8) is 0 Å². The average molecular weight is 260 g/mol. The molecule has 0 aliphatic rings. The molecule has 5 heteroatoms. The molecule has 2 rings (SSSR count). The van der Waals surface area contributed by atoms with Crippen LogP contribution in [0.4, 0.5) is 15.8 Å². The van der Waals surface area contributed by atoms with Crippen LogP contribution in [-0.2, 0) is 0 Å². The fraction of sp³-hybridized carbons (Fsp3) is 0.143. The van der Waals surface area contributed by atoms with Crippen LogP contribution in [0, 0.1) is 5.82 Å². The predicted octanol–water partition coefficient (Wildman–Crippen LogP) is 3.08. The van der Waals surface area contributed by atoms with Crippen LogP contribution in [0.15, 0.2) is 42.6 Å². The number of pyridine rings is 1. The lowest BCUT2D eigenvalue weighted by Gasteiger charge is -2.24. The Morgan fingerprint density at radius 1 is 1.26 bits per heavy atom. The van der Waals surface area contributed by atoms with Crippen LogP contribution >= 0.6 is 0 Å². The number of para-hydroxylation sites is 1. The van der Waals surface area contributed by atoms with Gasteiger partial charge in [0.05, 0.1) is 11.4 Å². The highest BCUT2D eigenvalue weighted by molar-refractivity contribution is 5.93. The zero-order chi connectivity index (χ0) is 13.8. The van der Waals surface area contributed by atoms with E-state index in [0.717, 1.165) is 0 Å². The molecule has 0 saturated carbocycles. The molecule has 0 aliphatic carbocycles. The molecule has 19 heavy (non-hydrogen) atoms. The first-order valence-corrected chi connectivity index (χ1v) is 5.85. The molecule has 1 N–H and O–H groups in total. The van der Waals surface area contributed by atoms with Crippen LogP contribution in [0.2, 0.25) is 0 Å². The molecule has 0 unspecified atom stereocenters. The first-order chi connectivity index (χ1) is 9.15. The molecular weight excluding hydrogens is 247 g/mol. The standard InChI is InChI=1S/C14H13FN2O2/c1-2-17(11-7-4-3-6-10(11)15)12-8-5-9-16-13(12)14(18)19/h3-9H,2H2,1H3,(H,18,19). The molecule has 98 valence electrons. The number of carboxylic acid groups (broad SMARTS) is 1. The Morgan fingerprint density at radius 3 is 2.58 bits per heavy atom. The maximum absolute atomic E-state index is 13.8. The van der Waals surface area contributed by atoms with E-state index in [1.54, 1.807) is 35.2 Å².